The van der Waals surface area contributed by atoms with Crippen LogP contribution in [0.3, 0.4) is 0 Å². The second-order valence-electron chi connectivity index (χ2n) is 5.40. The summed E-state index contributed by atoms with van der Waals surface area (Å²) in [6.45, 7) is 2.09. The summed E-state index contributed by atoms with van der Waals surface area (Å²) < 4.78 is 0. The average Bonchev–Trinajstić information content (AvgIpc) is 2.50. The lowest BCUT2D eigenvalue weighted by molar-refractivity contribution is 0.709. The predicted molar refractivity (Wildman–Crippen MR) is 93.6 cm³/mol. The van der Waals surface area contributed by atoms with Crippen LogP contribution >= 0.6 is 23.2 Å². The SMILES string of the molecule is Cc1cc(CC(N)c2cccc(Cl)c2Cl)nc2ccccc12. The Kier molecular flexibility index (Phi) is 4.34. The molecule has 0 spiro atoms. The third kappa shape index (κ3) is 2.95. The van der Waals surface area contributed by atoms with E-state index < -0.39 is 0 Å². The van der Waals surface area contributed by atoms with Crippen LogP contribution in [0, 0.1) is 6.92 Å². The van der Waals surface area contributed by atoms with Crippen LogP contribution in [0.15, 0.2) is 48.5 Å². The van der Waals surface area contributed by atoms with E-state index in [0.29, 0.717) is 16.5 Å². The highest BCUT2D eigenvalue weighted by molar-refractivity contribution is 6.42. The molecule has 0 aliphatic carbocycles. The molecule has 0 bridgehead atoms. The number of hydrogen-bond acceptors (Lipinski definition) is 2. The van der Waals surface area contributed by atoms with E-state index in [1.165, 1.54) is 10.9 Å². The van der Waals surface area contributed by atoms with Gasteiger partial charge in [0.15, 0.2) is 0 Å². The van der Waals surface area contributed by atoms with Gasteiger partial charge in [-0.15, -0.1) is 0 Å². The molecule has 3 rings (SSSR count). The van der Waals surface area contributed by atoms with Gasteiger partial charge in [-0.2, -0.15) is 0 Å². The predicted octanol–water partition coefficient (Wildman–Crippen LogP) is 5.09. The Morgan fingerprint density at radius 2 is 1.86 bits per heavy atom. The number of rotatable bonds is 3. The number of pyridine rings is 1. The van der Waals surface area contributed by atoms with E-state index in [9.17, 15) is 0 Å². The van der Waals surface area contributed by atoms with Crippen LogP contribution in [-0.2, 0) is 6.42 Å². The molecule has 0 aliphatic heterocycles. The zero-order chi connectivity index (χ0) is 15.7. The fourth-order valence-corrected chi connectivity index (χ4v) is 3.11. The average molecular weight is 331 g/mol. The number of aryl methyl sites for hydroxylation is 1. The lowest BCUT2D eigenvalue weighted by Gasteiger charge is -2.15. The van der Waals surface area contributed by atoms with Gasteiger partial charge in [0.1, 0.15) is 0 Å². The summed E-state index contributed by atoms with van der Waals surface area (Å²) in [6.07, 6.45) is 0.617. The van der Waals surface area contributed by atoms with Crippen LogP contribution in [0.5, 0.6) is 0 Å². The molecule has 0 fully saturated rings. The van der Waals surface area contributed by atoms with Crippen molar-refractivity contribution < 1.29 is 0 Å². The highest BCUT2D eigenvalue weighted by Crippen LogP contribution is 2.30. The first-order chi connectivity index (χ1) is 10.6. The van der Waals surface area contributed by atoms with E-state index in [2.05, 4.69) is 19.1 Å². The van der Waals surface area contributed by atoms with Gasteiger partial charge in [-0.3, -0.25) is 4.98 Å². The minimum absolute atomic E-state index is 0.237. The van der Waals surface area contributed by atoms with Gasteiger partial charge in [-0.1, -0.05) is 53.5 Å². The highest BCUT2D eigenvalue weighted by Gasteiger charge is 2.14. The fraction of sp³-hybridized carbons (Fsp3) is 0.167. The maximum Gasteiger partial charge on any atom is 0.0707 e. The van der Waals surface area contributed by atoms with Crippen LogP contribution < -0.4 is 5.73 Å². The van der Waals surface area contributed by atoms with E-state index in [4.69, 9.17) is 33.9 Å². The normalized spacial score (nSPS) is 12.5. The van der Waals surface area contributed by atoms with Gasteiger partial charge >= 0.3 is 0 Å². The zero-order valence-corrected chi connectivity index (χ0v) is 13.7. The molecule has 2 nitrogen and oxygen atoms in total. The standard InChI is InChI=1S/C18H16Cl2N2/c1-11-9-12(22-17-8-3-2-5-13(11)17)10-16(21)14-6-4-7-15(19)18(14)20/h2-9,16H,10,21H2,1H3. The van der Waals surface area contributed by atoms with Crippen molar-refractivity contribution in [2.24, 2.45) is 5.73 Å². The minimum Gasteiger partial charge on any atom is -0.324 e. The van der Waals surface area contributed by atoms with Gasteiger partial charge in [0.2, 0.25) is 0 Å². The summed E-state index contributed by atoms with van der Waals surface area (Å²) in [5.74, 6) is 0. The summed E-state index contributed by atoms with van der Waals surface area (Å²) in [7, 11) is 0. The Hall–Kier alpha value is -1.61. The monoisotopic (exact) mass is 330 g/mol. The number of halogens is 2. The summed E-state index contributed by atoms with van der Waals surface area (Å²) in [6, 6.07) is 15.5. The molecule has 0 aliphatic rings. The molecule has 112 valence electrons. The Balaban J connectivity index is 1.94. The number of benzene rings is 2. The van der Waals surface area contributed by atoms with Crippen molar-refractivity contribution in [1.29, 1.82) is 0 Å². The van der Waals surface area contributed by atoms with E-state index in [1.54, 1.807) is 6.07 Å². The summed E-state index contributed by atoms with van der Waals surface area (Å²) in [5.41, 5.74) is 10.3. The van der Waals surface area contributed by atoms with Gasteiger partial charge in [0.25, 0.3) is 0 Å². The molecule has 2 N–H and O–H groups in total. The van der Waals surface area contributed by atoms with Crippen molar-refractivity contribution in [3.05, 3.63) is 75.4 Å². The topological polar surface area (TPSA) is 38.9 Å². The second kappa shape index (κ2) is 6.25. The molecule has 22 heavy (non-hydrogen) atoms. The van der Waals surface area contributed by atoms with E-state index in [1.807, 2.05) is 30.3 Å². The summed E-state index contributed by atoms with van der Waals surface area (Å²) in [4.78, 5) is 4.70. The van der Waals surface area contributed by atoms with Crippen molar-refractivity contribution in [1.82, 2.24) is 4.98 Å². The van der Waals surface area contributed by atoms with Gasteiger partial charge in [-0.05, 0) is 36.2 Å². The van der Waals surface area contributed by atoms with Gasteiger partial charge in [0.05, 0.1) is 15.6 Å². The van der Waals surface area contributed by atoms with Crippen molar-refractivity contribution in [2.45, 2.75) is 19.4 Å². The molecule has 1 atom stereocenters. The Labute approximate surface area is 139 Å². The number of aromatic nitrogens is 1. The van der Waals surface area contributed by atoms with E-state index >= 15 is 0 Å². The number of nitrogens with two attached hydrogens (primary N) is 1. The number of para-hydroxylation sites is 1. The molecular weight excluding hydrogens is 315 g/mol. The number of hydrogen-bond donors (Lipinski definition) is 1. The number of nitrogens with zero attached hydrogens (tertiary/aromatic N) is 1. The molecule has 0 radical (unpaired) electrons. The quantitative estimate of drug-likeness (QED) is 0.726. The van der Waals surface area contributed by atoms with Crippen LogP contribution in [-0.4, -0.2) is 4.98 Å². The molecule has 0 saturated heterocycles. The van der Waals surface area contributed by atoms with Crippen LogP contribution in [0.1, 0.15) is 22.9 Å². The minimum atomic E-state index is -0.237. The fourth-order valence-electron chi connectivity index (χ4n) is 2.67. The summed E-state index contributed by atoms with van der Waals surface area (Å²) in [5, 5.41) is 2.21. The second-order valence-corrected chi connectivity index (χ2v) is 6.19. The smallest absolute Gasteiger partial charge is 0.0707 e. The maximum atomic E-state index is 6.31. The van der Waals surface area contributed by atoms with E-state index in [0.717, 1.165) is 16.8 Å². The molecule has 4 heteroatoms. The largest absolute Gasteiger partial charge is 0.324 e. The van der Waals surface area contributed by atoms with Crippen molar-refractivity contribution in [3.8, 4) is 0 Å². The third-order valence-corrected chi connectivity index (χ3v) is 4.62. The van der Waals surface area contributed by atoms with Gasteiger partial charge < -0.3 is 5.73 Å². The first-order valence-electron chi connectivity index (χ1n) is 7.11. The lowest BCUT2D eigenvalue weighted by Crippen LogP contribution is -2.15. The van der Waals surface area contributed by atoms with Crippen molar-refractivity contribution >= 4 is 34.1 Å². The molecule has 1 aromatic heterocycles. The molecular formula is C18H16Cl2N2. The highest BCUT2D eigenvalue weighted by atomic mass is 35.5. The van der Waals surface area contributed by atoms with Crippen LogP contribution in [0.4, 0.5) is 0 Å². The van der Waals surface area contributed by atoms with Crippen molar-refractivity contribution in [3.63, 3.8) is 0 Å². The first-order valence-corrected chi connectivity index (χ1v) is 7.86. The Morgan fingerprint density at radius 3 is 2.68 bits per heavy atom. The molecule has 0 amide bonds. The van der Waals surface area contributed by atoms with Crippen molar-refractivity contribution in [2.75, 3.05) is 0 Å². The molecule has 2 aromatic carbocycles. The van der Waals surface area contributed by atoms with Crippen LogP contribution in [0.2, 0.25) is 10.0 Å². The first kappa shape index (κ1) is 15.3. The van der Waals surface area contributed by atoms with Gasteiger partial charge in [-0.25, -0.2) is 0 Å². The molecule has 1 unspecified atom stereocenters. The zero-order valence-electron chi connectivity index (χ0n) is 12.2. The van der Waals surface area contributed by atoms with Crippen LogP contribution in [0.25, 0.3) is 10.9 Å². The molecule has 0 saturated carbocycles. The molecule has 3 aromatic rings. The maximum absolute atomic E-state index is 6.31. The summed E-state index contributed by atoms with van der Waals surface area (Å²) >= 11 is 12.3. The molecule has 1 heterocycles. The Bertz CT molecular complexity index is 830. The third-order valence-electron chi connectivity index (χ3n) is 3.79. The Morgan fingerprint density at radius 1 is 1.09 bits per heavy atom. The number of fused-ring (bicyclic) bond motifs is 1. The van der Waals surface area contributed by atoms with Gasteiger partial charge in [0, 0.05) is 23.5 Å². The lowest BCUT2D eigenvalue weighted by atomic mass is 10.0. The van der Waals surface area contributed by atoms with E-state index in [-0.39, 0.29) is 6.04 Å².